The Bertz CT molecular complexity index is 3200. The van der Waals surface area contributed by atoms with Crippen LogP contribution in [0.2, 0.25) is 0 Å². The molecule has 11 rings (SSSR count). The number of carbonyl (C=O) groups excluding carboxylic acids is 1. The highest BCUT2D eigenvalue weighted by molar-refractivity contribution is 6.52. The first-order valence-electron chi connectivity index (χ1n) is 19.4. The molecule has 0 spiro atoms. The van der Waals surface area contributed by atoms with Gasteiger partial charge in [0.2, 0.25) is 5.78 Å². The third-order valence-corrected chi connectivity index (χ3v) is 11.9. The van der Waals surface area contributed by atoms with E-state index < -0.39 is 11.3 Å². The van der Waals surface area contributed by atoms with Crippen molar-refractivity contribution in [3.05, 3.63) is 202 Å². The predicted octanol–water partition coefficient (Wildman–Crippen LogP) is 8.20. The summed E-state index contributed by atoms with van der Waals surface area (Å²) in [5, 5.41) is 68.7. The Labute approximate surface area is 342 Å². The number of Topliss-reactive ketones (excluding diaryl/α,β-unsaturated/α-hetero) is 1. The summed E-state index contributed by atoms with van der Waals surface area (Å²) in [6, 6.07) is 46.4. The van der Waals surface area contributed by atoms with Crippen LogP contribution in [-0.4, -0.2) is 31.3 Å². The van der Waals surface area contributed by atoms with Crippen LogP contribution in [0.5, 0.6) is 23.0 Å². The van der Waals surface area contributed by atoms with Gasteiger partial charge in [0, 0.05) is 55.2 Å². The highest BCUT2D eigenvalue weighted by atomic mass is 16.3. The van der Waals surface area contributed by atoms with E-state index in [-0.39, 0.29) is 45.7 Å². The van der Waals surface area contributed by atoms with Crippen LogP contribution in [-0.2, 0) is 16.1 Å². The number of nitrogens with zero attached hydrogens (tertiary/aromatic N) is 1. The van der Waals surface area contributed by atoms with Crippen molar-refractivity contribution in [3.63, 3.8) is 0 Å². The summed E-state index contributed by atoms with van der Waals surface area (Å²) in [6.07, 6.45) is 0. The topological polar surface area (TPSA) is 167 Å². The van der Waals surface area contributed by atoms with E-state index in [9.17, 15) is 30.3 Å². The van der Waals surface area contributed by atoms with E-state index in [2.05, 4.69) is 16.0 Å². The number of aliphatic hydroxyl groups excluding tert-OH is 1. The van der Waals surface area contributed by atoms with E-state index in [1.807, 2.05) is 60.7 Å². The molecule has 0 aromatic heterocycles. The van der Waals surface area contributed by atoms with E-state index >= 15 is 0 Å². The summed E-state index contributed by atoms with van der Waals surface area (Å²) in [6.45, 7) is 0. The van der Waals surface area contributed by atoms with Gasteiger partial charge in [-0.25, -0.2) is 4.99 Å². The Hall–Kier alpha value is -8.24. The van der Waals surface area contributed by atoms with Crippen molar-refractivity contribution in [2.45, 2.75) is 11.3 Å². The minimum Gasteiger partial charge on any atom is -0.508 e. The minimum atomic E-state index is -1.25. The molecule has 2 aliphatic heterocycles. The van der Waals surface area contributed by atoms with Crippen molar-refractivity contribution >= 4 is 55.5 Å². The quantitative estimate of drug-likeness (QED) is 0.0858. The van der Waals surface area contributed by atoms with Gasteiger partial charge in [0.1, 0.15) is 28.8 Å². The van der Waals surface area contributed by atoms with Gasteiger partial charge < -0.3 is 41.5 Å². The van der Waals surface area contributed by atoms with Crippen LogP contribution in [0, 0.1) is 0 Å². The summed E-state index contributed by atoms with van der Waals surface area (Å²) in [7, 11) is 0. The molecule has 60 heavy (non-hydrogen) atoms. The molecule has 2 heterocycles. The fourth-order valence-electron chi connectivity index (χ4n) is 9.04. The summed E-state index contributed by atoms with van der Waals surface area (Å²) in [4.78, 5) is 20.3. The lowest BCUT2D eigenvalue weighted by Gasteiger charge is -2.43. The van der Waals surface area contributed by atoms with E-state index in [1.54, 1.807) is 97.1 Å². The molecule has 0 radical (unpaired) electrons. The van der Waals surface area contributed by atoms with Gasteiger partial charge >= 0.3 is 0 Å². The lowest BCUT2D eigenvalue weighted by atomic mass is 9.79. The number of hydrogen-bond donors (Lipinski definition) is 8. The van der Waals surface area contributed by atoms with Crippen LogP contribution in [0.15, 0.2) is 168 Å². The SMILES string of the molecule is O=C1C(c2ccc3cccc4c3c2NC(c2ccc(O)cc2)(c2ccc(O)cc2)N4)=C(O)/C1=c1\ccc2cccc3c2c1=NC(c1ccc(O)cc1)(c1ccc(O)cc1)N3. The molecule has 8 N–H and O–H groups in total. The van der Waals surface area contributed by atoms with Crippen LogP contribution < -0.4 is 26.5 Å². The lowest BCUT2D eigenvalue weighted by molar-refractivity contribution is -0.109. The molecule has 0 fully saturated rings. The molecule has 8 aromatic carbocycles. The standard InChI is InChI=1S/C50H34N4O6/c55-33-17-9-29(10-18-33)49(30-11-19-34(56)20-12-30)51-39-5-1-3-27-7-25-37(45(53-49)41(27)39)43-47(59)44(48(43)60)38-26-8-28-4-2-6-40-42(28)46(38)54-50(52-40,31-13-21-35(57)22-14-31)32-15-23-36(58)24-16-32/h1-26,51-53,55-59H/b44-38-. The van der Waals surface area contributed by atoms with Crippen LogP contribution in [0.25, 0.3) is 32.7 Å². The normalized spacial score (nSPS) is 16.6. The second-order valence-electron chi connectivity index (χ2n) is 15.3. The third kappa shape index (κ3) is 5.00. The molecular formula is C50H34N4O6. The zero-order valence-corrected chi connectivity index (χ0v) is 31.6. The van der Waals surface area contributed by atoms with Crippen molar-refractivity contribution in [1.82, 2.24) is 0 Å². The van der Waals surface area contributed by atoms with E-state index in [1.165, 1.54) is 0 Å². The van der Waals surface area contributed by atoms with Crippen molar-refractivity contribution < 1.29 is 30.3 Å². The second-order valence-corrected chi connectivity index (χ2v) is 15.3. The van der Waals surface area contributed by atoms with Crippen LogP contribution in [0.1, 0.15) is 27.8 Å². The van der Waals surface area contributed by atoms with Crippen molar-refractivity contribution in [2.75, 3.05) is 16.0 Å². The summed E-state index contributed by atoms with van der Waals surface area (Å²) in [5.41, 5.74) is 3.43. The number of anilines is 3. The summed E-state index contributed by atoms with van der Waals surface area (Å²) in [5.74, 6) is -0.155. The van der Waals surface area contributed by atoms with Gasteiger partial charge in [-0.05, 0) is 71.4 Å². The third-order valence-electron chi connectivity index (χ3n) is 11.9. The molecule has 0 saturated carbocycles. The molecule has 0 atom stereocenters. The molecule has 10 nitrogen and oxygen atoms in total. The van der Waals surface area contributed by atoms with Gasteiger partial charge in [-0.3, -0.25) is 4.79 Å². The maximum Gasteiger partial charge on any atom is 0.201 e. The van der Waals surface area contributed by atoms with E-state index in [4.69, 9.17) is 4.99 Å². The summed E-state index contributed by atoms with van der Waals surface area (Å²) >= 11 is 0. The molecule has 3 aliphatic rings. The van der Waals surface area contributed by atoms with Gasteiger partial charge in [-0.15, -0.1) is 0 Å². The van der Waals surface area contributed by atoms with Gasteiger partial charge in [0.05, 0.1) is 22.2 Å². The fourth-order valence-corrected chi connectivity index (χ4v) is 9.04. The largest absolute Gasteiger partial charge is 0.508 e. The molecular weight excluding hydrogens is 753 g/mol. The fraction of sp³-hybridized carbons (Fsp3) is 0.0400. The van der Waals surface area contributed by atoms with Gasteiger partial charge in [-0.2, -0.15) is 0 Å². The first-order valence-corrected chi connectivity index (χ1v) is 19.4. The van der Waals surface area contributed by atoms with Crippen LogP contribution in [0.4, 0.5) is 17.1 Å². The molecule has 8 aromatic rings. The minimum absolute atomic E-state index is 0.0882. The highest BCUT2D eigenvalue weighted by Crippen LogP contribution is 2.50. The Morgan fingerprint density at radius 1 is 0.450 bits per heavy atom. The Morgan fingerprint density at radius 3 is 1.47 bits per heavy atom. The number of allylic oxidation sites excluding steroid dienone is 2. The monoisotopic (exact) mass is 786 g/mol. The smallest absolute Gasteiger partial charge is 0.201 e. The number of phenols is 4. The van der Waals surface area contributed by atoms with Gasteiger partial charge in [-0.1, -0.05) is 97.1 Å². The zero-order valence-electron chi connectivity index (χ0n) is 31.6. The Morgan fingerprint density at radius 2 is 0.933 bits per heavy atom. The number of benzene rings is 8. The van der Waals surface area contributed by atoms with E-state index in [0.717, 1.165) is 44.0 Å². The zero-order chi connectivity index (χ0) is 40.9. The lowest BCUT2D eigenvalue weighted by Crippen LogP contribution is -2.47. The van der Waals surface area contributed by atoms with Gasteiger partial charge in [0.15, 0.2) is 11.3 Å². The molecule has 0 amide bonds. The van der Waals surface area contributed by atoms with Crippen molar-refractivity contribution in [3.8, 4) is 23.0 Å². The highest BCUT2D eigenvalue weighted by Gasteiger charge is 2.44. The average molecular weight is 787 g/mol. The van der Waals surface area contributed by atoms with Crippen LogP contribution >= 0.6 is 0 Å². The van der Waals surface area contributed by atoms with Crippen molar-refractivity contribution in [1.29, 1.82) is 0 Å². The number of hydrogen-bond acceptors (Lipinski definition) is 10. The van der Waals surface area contributed by atoms with Crippen LogP contribution in [0.3, 0.4) is 0 Å². The number of nitrogens with one attached hydrogen (secondary N) is 3. The predicted molar refractivity (Wildman–Crippen MR) is 231 cm³/mol. The molecule has 0 bridgehead atoms. The first kappa shape index (κ1) is 35.0. The van der Waals surface area contributed by atoms with Gasteiger partial charge in [0.25, 0.3) is 0 Å². The molecule has 0 saturated heterocycles. The van der Waals surface area contributed by atoms with Crippen molar-refractivity contribution in [2.24, 2.45) is 4.99 Å². The number of aromatic hydroxyl groups is 4. The number of ketones is 1. The first-order chi connectivity index (χ1) is 29.1. The molecule has 290 valence electrons. The van der Waals surface area contributed by atoms with E-state index in [0.29, 0.717) is 33.0 Å². The summed E-state index contributed by atoms with van der Waals surface area (Å²) < 4.78 is 0. The Balaban J connectivity index is 1.16. The molecule has 10 heteroatoms. The Kier molecular flexibility index (Phi) is 7.36. The number of phenolic OH excluding ortho intramolecular Hbond substituents is 4. The maximum atomic E-state index is 14.9. The number of rotatable bonds is 5. The second kappa shape index (κ2) is 12.6. The molecule has 1 aliphatic carbocycles. The number of carbonyl (C=O) groups is 1. The average Bonchev–Trinajstić information content (AvgIpc) is 3.26. The number of aliphatic hydroxyl groups is 1. The maximum absolute atomic E-state index is 14.9. The molecule has 0 unspecified atom stereocenters.